The van der Waals surface area contributed by atoms with E-state index in [0.717, 1.165) is 19.3 Å². The van der Waals surface area contributed by atoms with E-state index in [4.69, 9.17) is 11.6 Å². The predicted molar refractivity (Wildman–Crippen MR) is 120 cm³/mol. The molecule has 4 rings (SSSR count). The van der Waals surface area contributed by atoms with Crippen molar-refractivity contribution in [3.05, 3.63) is 53.1 Å². The van der Waals surface area contributed by atoms with Gasteiger partial charge in [-0.2, -0.15) is 4.31 Å². The van der Waals surface area contributed by atoms with E-state index in [0.29, 0.717) is 35.9 Å². The van der Waals surface area contributed by atoms with Crippen molar-refractivity contribution in [2.45, 2.75) is 31.1 Å². The Bertz CT molecular complexity index is 1110. The number of hydrogen-bond donors (Lipinski definition) is 2. The van der Waals surface area contributed by atoms with Crippen molar-refractivity contribution in [2.24, 2.45) is 11.8 Å². The van der Waals surface area contributed by atoms with E-state index >= 15 is 0 Å². The number of amides is 2. The van der Waals surface area contributed by atoms with Crippen molar-refractivity contribution >= 4 is 44.8 Å². The van der Waals surface area contributed by atoms with Gasteiger partial charge in [0.15, 0.2) is 0 Å². The molecule has 0 radical (unpaired) electrons. The highest BCUT2D eigenvalue weighted by Crippen LogP contribution is 2.38. The maximum absolute atomic E-state index is 12.9. The summed E-state index contributed by atoms with van der Waals surface area (Å²) in [7, 11) is -3.71. The molecule has 2 atom stereocenters. The lowest BCUT2D eigenvalue weighted by Crippen LogP contribution is -2.28. The third-order valence-electron chi connectivity index (χ3n) is 5.73. The van der Waals surface area contributed by atoms with Gasteiger partial charge in [0.25, 0.3) is 5.91 Å². The van der Waals surface area contributed by atoms with E-state index in [1.807, 2.05) is 6.92 Å². The Balaban J connectivity index is 1.45. The van der Waals surface area contributed by atoms with E-state index in [2.05, 4.69) is 10.6 Å². The first-order valence-electron chi connectivity index (χ1n) is 10.3. The van der Waals surface area contributed by atoms with E-state index in [-0.39, 0.29) is 27.7 Å². The SMILES string of the molecule is CC1CC1C(=O)Nc1ccc(C(=O)Nc2ccc(Cl)c(S(=O)(=O)N3CCCC3)c2)cc1. The van der Waals surface area contributed by atoms with Gasteiger partial charge in [0, 0.05) is 35.9 Å². The summed E-state index contributed by atoms with van der Waals surface area (Å²) in [6.07, 6.45) is 2.55. The highest BCUT2D eigenvalue weighted by Gasteiger charge is 2.39. The fourth-order valence-corrected chi connectivity index (χ4v) is 5.69. The molecule has 1 saturated carbocycles. The summed E-state index contributed by atoms with van der Waals surface area (Å²) in [5.74, 6) is 0.0978. The quantitative estimate of drug-likeness (QED) is 0.680. The summed E-state index contributed by atoms with van der Waals surface area (Å²) in [6.45, 7) is 2.98. The standard InChI is InChI=1S/C22H24ClN3O4S/c1-14-12-18(14)22(28)24-16-6-4-15(5-7-16)21(27)25-17-8-9-19(23)20(13-17)31(29,30)26-10-2-3-11-26/h4-9,13-14,18H,2-3,10-12H2,1H3,(H,24,28)(H,25,27). The van der Waals surface area contributed by atoms with Crippen molar-refractivity contribution in [1.82, 2.24) is 4.31 Å². The zero-order chi connectivity index (χ0) is 22.2. The molecule has 2 fully saturated rings. The third-order valence-corrected chi connectivity index (χ3v) is 8.11. The Morgan fingerprint density at radius 2 is 1.61 bits per heavy atom. The van der Waals surface area contributed by atoms with Gasteiger partial charge in [0.05, 0.1) is 5.02 Å². The molecule has 1 saturated heterocycles. The zero-order valence-electron chi connectivity index (χ0n) is 17.1. The van der Waals surface area contributed by atoms with Crippen LogP contribution in [-0.2, 0) is 14.8 Å². The minimum Gasteiger partial charge on any atom is -0.326 e. The second-order valence-corrected chi connectivity index (χ2v) is 10.4. The molecule has 2 aromatic rings. The first kappa shape index (κ1) is 21.8. The molecule has 0 bridgehead atoms. The summed E-state index contributed by atoms with van der Waals surface area (Å²) < 4.78 is 27.1. The van der Waals surface area contributed by atoms with Crippen molar-refractivity contribution < 1.29 is 18.0 Å². The molecule has 2 unspecified atom stereocenters. The molecule has 2 amide bonds. The lowest BCUT2D eigenvalue weighted by atomic mass is 10.2. The van der Waals surface area contributed by atoms with Crippen molar-refractivity contribution in [2.75, 3.05) is 23.7 Å². The van der Waals surface area contributed by atoms with Gasteiger partial charge in [-0.1, -0.05) is 18.5 Å². The summed E-state index contributed by atoms with van der Waals surface area (Å²) in [5, 5.41) is 5.69. The van der Waals surface area contributed by atoms with Crippen LogP contribution in [-0.4, -0.2) is 37.6 Å². The number of carbonyl (C=O) groups excluding carboxylic acids is 2. The smallest absolute Gasteiger partial charge is 0.255 e. The van der Waals surface area contributed by atoms with Crippen LogP contribution in [0, 0.1) is 11.8 Å². The van der Waals surface area contributed by atoms with Gasteiger partial charge in [0.2, 0.25) is 15.9 Å². The monoisotopic (exact) mass is 461 g/mol. The van der Waals surface area contributed by atoms with Crippen molar-refractivity contribution in [3.63, 3.8) is 0 Å². The van der Waals surface area contributed by atoms with Crippen LogP contribution in [0.5, 0.6) is 0 Å². The number of halogens is 1. The summed E-state index contributed by atoms with van der Waals surface area (Å²) in [5.41, 5.74) is 1.36. The van der Waals surface area contributed by atoms with Gasteiger partial charge in [0.1, 0.15) is 4.90 Å². The molecular formula is C22H24ClN3O4S. The Labute approximate surface area is 186 Å². The van der Waals surface area contributed by atoms with Crippen molar-refractivity contribution in [3.8, 4) is 0 Å². The Morgan fingerprint density at radius 1 is 1.00 bits per heavy atom. The highest BCUT2D eigenvalue weighted by atomic mass is 35.5. The Hall–Kier alpha value is -2.42. The van der Waals surface area contributed by atoms with E-state index in [9.17, 15) is 18.0 Å². The lowest BCUT2D eigenvalue weighted by molar-refractivity contribution is -0.117. The average molecular weight is 462 g/mol. The van der Waals surface area contributed by atoms with Crippen molar-refractivity contribution in [1.29, 1.82) is 0 Å². The Morgan fingerprint density at radius 3 is 2.23 bits per heavy atom. The molecule has 2 aliphatic rings. The minimum atomic E-state index is -3.71. The number of hydrogen-bond acceptors (Lipinski definition) is 4. The second kappa shape index (κ2) is 8.61. The van der Waals surface area contributed by atoms with Crippen LogP contribution in [0.1, 0.15) is 36.5 Å². The molecule has 0 aromatic heterocycles. The molecule has 1 aliphatic carbocycles. The number of anilines is 2. The fourth-order valence-electron chi connectivity index (χ4n) is 3.68. The number of carbonyl (C=O) groups is 2. The first-order chi connectivity index (χ1) is 14.8. The van der Waals surface area contributed by atoms with Gasteiger partial charge < -0.3 is 10.6 Å². The number of sulfonamides is 1. The number of nitrogens with one attached hydrogen (secondary N) is 2. The largest absolute Gasteiger partial charge is 0.326 e. The first-order valence-corrected chi connectivity index (χ1v) is 12.1. The zero-order valence-corrected chi connectivity index (χ0v) is 18.7. The number of benzene rings is 2. The van der Waals surface area contributed by atoms with Crippen LogP contribution < -0.4 is 10.6 Å². The summed E-state index contributed by atoms with van der Waals surface area (Å²) in [4.78, 5) is 24.6. The number of rotatable bonds is 6. The molecule has 1 heterocycles. The van der Waals surface area contributed by atoms with E-state index in [1.54, 1.807) is 30.3 Å². The Kier molecular flexibility index (Phi) is 6.05. The molecule has 7 nitrogen and oxygen atoms in total. The molecule has 0 spiro atoms. The lowest BCUT2D eigenvalue weighted by Gasteiger charge is -2.17. The van der Waals surface area contributed by atoms with Gasteiger partial charge in [-0.3, -0.25) is 9.59 Å². The van der Waals surface area contributed by atoms with Gasteiger partial charge in [-0.15, -0.1) is 0 Å². The van der Waals surface area contributed by atoms with Crippen LogP contribution in [0.25, 0.3) is 0 Å². The van der Waals surface area contributed by atoms with Crippen LogP contribution >= 0.6 is 11.6 Å². The summed E-state index contributed by atoms with van der Waals surface area (Å²) >= 11 is 6.15. The number of nitrogens with zero attached hydrogens (tertiary/aromatic N) is 1. The maximum atomic E-state index is 12.9. The van der Waals surface area contributed by atoms with Crippen LogP contribution in [0.4, 0.5) is 11.4 Å². The maximum Gasteiger partial charge on any atom is 0.255 e. The molecule has 2 aromatic carbocycles. The predicted octanol–water partition coefficient (Wildman–Crippen LogP) is 3.97. The van der Waals surface area contributed by atoms with Gasteiger partial charge >= 0.3 is 0 Å². The van der Waals surface area contributed by atoms with Crippen LogP contribution in [0.2, 0.25) is 5.02 Å². The molecule has 9 heteroatoms. The van der Waals surface area contributed by atoms with E-state index < -0.39 is 10.0 Å². The van der Waals surface area contributed by atoms with Crippen LogP contribution in [0.15, 0.2) is 47.4 Å². The normalized spacial score (nSPS) is 21.0. The summed E-state index contributed by atoms with van der Waals surface area (Å²) in [6, 6.07) is 11.0. The van der Waals surface area contributed by atoms with Gasteiger partial charge in [-0.25, -0.2) is 8.42 Å². The second-order valence-electron chi connectivity index (χ2n) is 8.10. The minimum absolute atomic E-state index is 0.00222. The fraction of sp³-hybridized carbons (Fsp3) is 0.364. The molecule has 31 heavy (non-hydrogen) atoms. The van der Waals surface area contributed by atoms with E-state index in [1.165, 1.54) is 16.4 Å². The van der Waals surface area contributed by atoms with Gasteiger partial charge in [-0.05, 0) is 67.6 Å². The molecule has 1 aliphatic heterocycles. The third kappa shape index (κ3) is 4.76. The highest BCUT2D eigenvalue weighted by molar-refractivity contribution is 7.89. The molecular weight excluding hydrogens is 438 g/mol. The van der Waals surface area contributed by atoms with Crippen LogP contribution in [0.3, 0.4) is 0 Å². The topological polar surface area (TPSA) is 95.6 Å². The average Bonchev–Trinajstić information content (AvgIpc) is 3.23. The molecule has 164 valence electrons. The molecule has 2 N–H and O–H groups in total.